The van der Waals surface area contributed by atoms with Gasteiger partial charge in [-0.05, 0) is 19.1 Å². The molecule has 0 spiro atoms. The van der Waals surface area contributed by atoms with E-state index < -0.39 is 0 Å². The van der Waals surface area contributed by atoms with E-state index in [1.54, 1.807) is 13.0 Å². The Hall–Kier alpha value is -2.15. The Balaban J connectivity index is 2.79. The van der Waals surface area contributed by atoms with E-state index in [0.717, 1.165) is 0 Å². The van der Waals surface area contributed by atoms with Crippen LogP contribution < -0.4 is 10.1 Å². The van der Waals surface area contributed by atoms with Gasteiger partial charge >= 0.3 is 0 Å². The molecular formula is C13H15NO3. The second-order valence-corrected chi connectivity index (χ2v) is 3.67. The minimum Gasteiger partial charge on any atom is -0.507 e. The molecule has 4 heteroatoms. The van der Waals surface area contributed by atoms with Gasteiger partial charge in [0.2, 0.25) is 0 Å². The highest BCUT2D eigenvalue weighted by Crippen LogP contribution is 2.23. The summed E-state index contributed by atoms with van der Waals surface area (Å²) in [6.45, 7) is 1.80. The fourth-order valence-electron chi connectivity index (χ4n) is 1.36. The molecule has 0 aromatic heterocycles. The van der Waals surface area contributed by atoms with Crippen LogP contribution in [0.4, 0.5) is 0 Å². The van der Waals surface area contributed by atoms with Crippen molar-refractivity contribution >= 4 is 5.91 Å². The largest absolute Gasteiger partial charge is 0.507 e. The number of ether oxygens (including phenoxy) is 1. The molecule has 0 fully saturated rings. The Morgan fingerprint density at radius 1 is 1.65 bits per heavy atom. The van der Waals surface area contributed by atoms with Gasteiger partial charge in [-0.2, -0.15) is 0 Å². The van der Waals surface area contributed by atoms with Gasteiger partial charge in [0.1, 0.15) is 11.5 Å². The first-order valence-corrected chi connectivity index (χ1v) is 5.19. The van der Waals surface area contributed by atoms with Crippen LogP contribution in [0.15, 0.2) is 18.2 Å². The Kier molecular flexibility index (Phi) is 4.41. The summed E-state index contributed by atoms with van der Waals surface area (Å²) in [5, 5.41) is 12.3. The number of terminal acetylenes is 1. The maximum atomic E-state index is 11.8. The van der Waals surface area contributed by atoms with Gasteiger partial charge in [-0.25, -0.2) is 0 Å². The number of carbonyl (C=O) groups is 1. The zero-order valence-corrected chi connectivity index (χ0v) is 9.86. The molecule has 1 atom stereocenters. The first-order chi connectivity index (χ1) is 8.08. The molecule has 0 aliphatic heterocycles. The second-order valence-electron chi connectivity index (χ2n) is 3.67. The van der Waals surface area contributed by atoms with E-state index in [4.69, 9.17) is 11.2 Å². The number of phenolic OH excluding ortho intramolecular Hbond substituents is 1. The molecule has 0 radical (unpaired) electrons. The molecule has 1 aromatic carbocycles. The average molecular weight is 233 g/mol. The van der Waals surface area contributed by atoms with Crippen molar-refractivity contribution in [1.29, 1.82) is 0 Å². The molecule has 1 aromatic rings. The van der Waals surface area contributed by atoms with Crippen molar-refractivity contribution in [1.82, 2.24) is 5.32 Å². The lowest BCUT2D eigenvalue weighted by Gasteiger charge is -2.12. The molecule has 17 heavy (non-hydrogen) atoms. The molecule has 1 amide bonds. The van der Waals surface area contributed by atoms with Crippen LogP contribution in [0.1, 0.15) is 23.7 Å². The van der Waals surface area contributed by atoms with E-state index in [2.05, 4.69) is 11.2 Å². The van der Waals surface area contributed by atoms with Crippen molar-refractivity contribution in [2.24, 2.45) is 0 Å². The van der Waals surface area contributed by atoms with Gasteiger partial charge in [-0.1, -0.05) is 0 Å². The zero-order chi connectivity index (χ0) is 12.8. The number of hydrogen-bond acceptors (Lipinski definition) is 3. The monoisotopic (exact) mass is 233 g/mol. The fourth-order valence-corrected chi connectivity index (χ4v) is 1.36. The van der Waals surface area contributed by atoms with E-state index >= 15 is 0 Å². The molecule has 0 bridgehead atoms. The van der Waals surface area contributed by atoms with Gasteiger partial charge in [-0.3, -0.25) is 4.79 Å². The minimum atomic E-state index is -0.354. The number of hydrogen-bond donors (Lipinski definition) is 2. The van der Waals surface area contributed by atoms with Crippen molar-refractivity contribution in [3.63, 3.8) is 0 Å². The summed E-state index contributed by atoms with van der Waals surface area (Å²) in [5.74, 6) is 2.49. The predicted molar refractivity (Wildman–Crippen MR) is 65.0 cm³/mol. The first-order valence-electron chi connectivity index (χ1n) is 5.19. The second kappa shape index (κ2) is 5.80. The third-order valence-corrected chi connectivity index (χ3v) is 2.25. The van der Waals surface area contributed by atoms with E-state index in [-0.39, 0.29) is 23.3 Å². The normalized spacial score (nSPS) is 11.4. The van der Waals surface area contributed by atoms with Gasteiger partial charge in [-0.15, -0.1) is 12.3 Å². The van der Waals surface area contributed by atoms with Crippen molar-refractivity contribution in [2.45, 2.75) is 19.4 Å². The summed E-state index contributed by atoms with van der Waals surface area (Å²) in [6.07, 6.45) is 5.59. The first kappa shape index (κ1) is 12.9. The maximum Gasteiger partial charge on any atom is 0.255 e. The smallest absolute Gasteiger partial charge is 0.255 e. The Bertz CT molecular complexity index is 448. The van der Waals surface area contributed by atoms with E-state index in [0.29, 0.717) is 12.2 Å². The van der Waals surface area contributed by atoms with Crippen LogP contribution in [-0.4, -0.2) is 24.2 Å². The zero-order valence-electron chi connectivity index (χ0n) is 9.86. The summed E-state index contributed by atoms with van der Waals surface area (Å²) in [7, 11) is 1.49. The number of benzene rings is 1. The van der Waals surface area contributed by atoms with E-state index in [1.165, 1.54) is 19.2 Å². The quantitative estimate of drug-likeness (QED) is 0.775. The topological polar surface area (TPSA) is 58.6 Å². The highest BCUT2D eigenvalue weighted by Gasteiger charge is 2.13. The molecule has 0 saturated heterocycles. The van der Waals surface area contributed by atoms with Gasteiger partial charge in [0, 0.05) is 18.5 Å². The SMILES string of the molecule is C#CCC(C)NC(=O)c1ccc(OC)cc1O. The Labute approximate surface area is 101 Å². The van der Waals surface area contributed by atoms with Gasteiger partial charge in [0.05, 0.1) is 12.7 Å². The van der Waals surface area contributed by atoms with Crippen molar-refractivity contribution < 1.29 is 14.6 Å². The minimum absolute atomic E-state index is 0.116. The molecular weight excluding hydrogens is 218 g/mol. The maximum absolute atomic E-state index is 11.8. The molecule has 0 saturated carbocycles. The molecule has 1 unspecified atom stereocenters. The number of rotatable bonds is 4. The number of phenols is 1. The standard InChI is InChI=1S/C13H15NO3/c1-4-5-9(2)14-13(16)11-7-6-10(17-3)8-12(11)15/h1,6-9,15H,5H2,2-3H3,(H,14,16). The summed E-state index contributed by atoms with van der Waals surface area (Å²) in [6, 6.07) is 4.38. The number of aromatic hydroxyl groups is 1. The van der Waals surface area contributed by atoms with Crippen molar-refractivity contribution in [2.75, 3.05) is 7.11 Å². The predicted octanol–water partition coefficient (Wildman–Crippen LogP) is 1.54. The Morgan fingerprint density at radius 3 is 2.88 bits per heavy atom. The lowest BCUT2D eigenvalue weighted by molar-refractivity contribution is 0.0938. The summed E-state index contributed by atoms with van der Waals surface area (Å²) in [5.41, 5.74) is 0.203. The van der Waals surface area contributed by atoms with Crippen LogP contribution in [0.2, 0.25) is 0 Å². The van der Waals surface area contributed by atoms with Gasteiger partial charge in [0.15, 0.2) is 0 Å². The summed E-state index contributed by atoms with van der Waals surface area (Å²) < 4.78 is 4.93. The van der Waals surface area contributed by atoms with Crippen LogP contribution in [0.25, 0.3) is 0 Å². The molecule has 0 aliphatic carbocycles. The molecule has 0 aliphatic rings. The number of amides is 1. The van der Waals surface area contributed by atoms with E-state index in [9.17, 15) is 9.90 Å². The highest BCUT2D eigenvalue weighted by molar-refractivity contribution is 5.97. The van der Waals surface area contributed by atoms with Crippen molar-refractivity contribution in [3.05, 3.63) is 23.8 Å². The van der Waals surface area contributed by atoms with Crippen LogP contribution in [0.5, 0.6) is 11.5 Å². The molecule has 0 heterocycles. The summed E-state index contributed by atoms with van der Waals surface area (Å²) >= 11 is 0. The van der Waals surface area contributed by atoms with Crippen LogP contribution >= 0.6 is 0 Å². The lowest BCUT2D eigenvalue weighted by Crippen LogP contribution is -2.32. The van der Waals surface area contributed by atoms with Crippen LogP contribution in [0, 0.1) is 12.3 Å². The fraction of sp³-hybridized carbons (Fsp3) is 0.308. The highest BCUT2D eigenvalue weighted by atomic mass is 16.5. The number of carbonyl (C=O) groups excluding carboxylic acids is 1. The number of nitrogens with one attached hydrogen (secondary N) is 1. The molecule has 1 rings (SSSR count). The molecule has 2 N–H and O–H groups in total. The Morgan fingerprint density at radius 2 is 2.35 bits per heavy atom. The van der Waals surface area contributed by atoms with E-state index in [1.807, 2.05) is 0 Å². The van der Waals surface area contributed by atoms with Crippen LogP contribution in [0.3, 0.4) is 0 Å². The summed E-state index contributed by atoms with van der Waals surface area (Å²) in [4.78, 5) is 11.8. The number of methoxy groups -OCH3 is 1. The van der Waals surface area contributed by atoms with Gasteiger partial charge in [0.25, 0.3) is 5.91 Å². The van der Waals surface area contributed by atoms with Crippen LogP contribution in [-0.2, 0) is 0 Å². The van der Waals surface area contributed by atoms with Crippen molar-refractivity contribution in [3.8, 4) is 23.8 Å². The third kappa shape index (κ3) is 3.42. The average Bonchev–Trinajstić information content (AvgIpc) is 2.28. The third-order valence-electron chi connectivity index (χ3n) is 2.25. The molecule has 4 nitrogen and oxygen atoms in total. The molecule has 90 valence electrons. The van der Waals surface area contributed by atoms with Gasteiger partial charge < -0.3 is 15.2 Å². The lowest BCUT2D eigenvalue weighted by atomic mass is 10.1.